The molecule has 0 rings (SSSR count). The molecule has 0 heterocycles. The summed E-state index contributed by atoms with van der Waals surface area (Å²) < 4.78 is 5.60. The first-order valence-electron chi connectivity index (χ1n) is 5.74. The van der Waals surface area contributed by atoms with Crippen molar-refractivity contribution in [3.63, 3.8) is 0 Å². The predicted octanol–water partition coefficient (Wildman–Crippen LogP) is 3.88. The highest BCUT2D eigenvalue weighted by Gasteiger charge is 2.01. The normalized spacial score (nSPS) is 13.6. The fourth-order valence-electron chi connectivity index (χ4n) is 1.24. The van der Waals surface area contributed by atoms with Crippen molar-refractivity contribution in [1.82, 2.24) is 0 Å². The lowest BCUT2D eigenvalue weighted by molar-refractivity contribution is 0.0929. The molecule has 0 bridgehead atoms. The van der Waals surface area contributed by atoms with E-state index in [0.717, 1.165) is 25.0 Å². The zero-order valence-corrected chi connectivity index (χ0v) is 9.81. The second-order valence-corrected chi connectivity index (χ2v) is 4.50. The molecule has 0 fully saturated rings. The summed E-state index contributed by atoms with van der Waals surface area (Å²) in [5, 5.41) is 0. The molecule has 1 nitrogen and oxygen atoms in total. The fourth-order valence-corrected chi connectivity index (χ4v) is 1.24. The molecule has 0 radical (unpaired) electrons. The minimum atomic E-state index is 0.743. The van der Waals surface area contributed by atoms with Crippen LogP contribution in [0.15, 0.2) is 0 Å². The van der Waals surface area contributed by atoms with Crippen molar-refractivity contribution in [1.29, 1.82) is 0 Å². The van der Waals surface area contributed by atoms with Crippen molar-refractivity contribution in [2.75, 3.05) is 13.2 Å². The number of hydrogen-bond donors (Lipinski definition) is 0. The van der Waals surface area contributed by atoms with E-state index in [1.807, 2.05) is 0 Å². The molecule has 0 aromatic heterocycles. The summed E-state index contributed by atoms with van der Waals surface area (Å²) in [4.78, 5) is 0. The summed E-state index contributed by atoms with van der Waals surface area (Å²) in [5.74, 6) is 1.51. The summed E-state index contributed by atoms with van der Waals surface area (Å²) in [5.41, 5.74) is 0. The third kappa shape index (κ3) is 9.88. The van der Waals surface area contributed by atoms with Gasteiger partial charge in [-0.05, 0) is 24.7 Å². The summed E-state index contributed by atoms with van der Waals surface area (Å²) in [6.45, 7) is 10.9. The van der Waals surface area contributed by atoms with E-state index in [1.165, 1.54) is 25.7 Å². The van der Waals surface area contributed by atoms with Crippen molar-refractivity contribution in [3.8, 4) is 0 Å². The van der Waals surface area contributed by atoms with E-state index >= 15 is 0 Å². The third-order valence-electron chi connectivity index (χ3n) is 2.29. The average Bonchev–Trinajstić information content (AvgIpc) is 2.08. The van der Waals surface area contributed by atoms with E-state index in [9.17, 15) is 0 Å². The minimum absolute atomic E-state index is 0.743. The fraction of sp³-hybridized carbons (Fsp3) is 1.00. The van der Waals surface area contributed by atoms with E-state index in [4.69, 9.17) is 4.74 Å². The van der Waals surface area contributed by atoms with E-state index in [0.29, 0.717) is 0 Å². The first-order chi connectivity index (χ1) is 6.16. The summed E-state index contributed by atoms with van der Waals surface area (Å²) in [6.07, 6.45) is 5.16. The molecule has 0 amide bonds. The van der Waals surface area contributed by atoms with Gasteiger partial charge in [0, 0.05) is 13.2 Å². The lowest BCUT2D eigenvalue weighted by Gasteiger charge is -2.12. The van der Waals surface area contributed by atoms with E-state index in [2.05, 4.69) is 27.7 Å². The highest BCUT2D eigenvalue weighted by Crippen LogP contribution is 2.08. The van der Waals surface area contributed by atoms with Crippen molar-refractivity contribution in [3.05, 3.63) is 0 Å². The lowest BCUT2D eigenvalue weighted by Crippen LogP contribution is -2.08. The average molecular weight is 186 g/mol. The molecule has 0 aliphatic heterocycles. The molecule has 1 heteroatoms. The minimum Gasteiger partial charge on any atom is -0.381 e. The smallest absolute Gasteiger partial charge is 0.0491 e. The largest absolute Gasteiger partial charge is 0.381 e. The number of rotatable bonds is 8. The van der Waals surface area contributed by atoms with Gasteiger partial charge in [-0.2, -0.15) is 0 Å². The number of ether oxygens (including phenoxy) is 1. The van der Waals surface area contributed by atoms with Gasteiger partial charge in [0.2, 0.25) is 0 Å². The Kier molecular flexibility index (Phi) is 8.53. The van der Waals surface area contributed by atoms with Crippen LogP contribution >= 0.6 is 0 Å². The van der Waals surface area contributed by atoms with Crippen LogP contribution in [0.5, 0.6) is 0 Å². The van der Waals surface area contributed by atoms with Crippen molar-refractivity contribution >= 4 is 0 Å². The summed E-state index contributed by atoms with van der Waals surface area (Å²) >= 11 is 0. The first kappa shape index (κ1) is 13.0. The van der Waals surface area contributed by atoms with Crippen LogP contribution in [0.2, 0.25) is 0 Å². The van der Waals surface area contributed by atoms with Crippen LogP contribution in [0.25, 0.3) is 0 Å². The summed E-state index contributed by atoms with van der Waals surface area (Å²) in [6, 6.07) is 0. The molecule has 1 unspecified atom stereocenters. The Hall–Kier alpha value is -0.0400. The van der Waals surface area contributed by atoms with Crippen LogP contribution in [0.4, 0.5) is 0 Å². The molecule has 0 aromatic carbocycles. The maximum absolute atomic E-state index is 5.60. The Labute approximate surface area is 83.9 Å². The highest BCUT2D eigenvalue weighted by molar-refractivity contribution is 4.51. The Bertz CT molecular complexity index is 99.3. The second kappa shape index (κ2) is 8.55. The molecule has 0 N–H and O–H groups in total. The molecule has 80 valence electrons. The molecule has 1 atom stereocenters. The topological polar surface area (TPSA) is 9.23 Å². The number of hydrogen-bond acceptors (Lipinski definition) is 1. The standard InChI is InChI=1S/C12H26O/c1-5-6-7-12(4)10-13-9-8-11(2)3/h11-12H,5-10H2,1-4H3. The monoisotopic (exact) mass is 186 g/mol. The van der Waals surface area contributed by atoms with Crippen LogP contribution in [0.3, 0.4) is 0 Å². The molecule has 0 aromatic rings. The van der Waals surface area contributed by atoms with Gasteiger partial charge in [0.1, 0.15) is 0 Å². The molecular formula is C12H26O. The Morgan fingerprint density at radius 1 is 1.08 bits per heavy atom. The maximum atomic E-state index is 5.60. The molecule has 13 heavy (non-hydrogen) atoms. The first-order valence-corrected chi connectivity index (χ1v) is 5.74. The van der Waals surface area contributed by atoms with Crippen molar-refractivity contribution < 1.29 is 4.74 Å². The van der Waals surface area contributed by atoms with Gasteiger partial charge in [-0.3, -0.25) is 0 Å². The van der Waals surface area contributed by atoms with E-state index in [-0.39, 0.29) is 0 Å². The van der Waals surface area contributed by atoms with Gasteiger partial charge in [-0.15, -0.1) is 0 Å². The van der Waals surface area contributed by atoms with Gasteiger partial charge in [0.15, 0.2) is 0 Å². The van der Waals surface area contributed by atoms with Gasteiger partial charge < -0.3 is 4.74 Å². The molecule has 0 saturated carbocycles. The number of unbranched alkanes of at least 4 members (excludes halogenated alkanes) is 1. The van der Waals surface area contributed by atoms with Crippen LogP contribution in [0, 0.1) is 11.8 Å². The van der Waals surface area contributed by atoms with E-state index < -0.39 is 0 Å². The zero-order chi connectivity index (χ0) is 10.1. The molecular weight excluding hydrogens is 160 g/mol. The zero-order valence-electron chi connectivity index (χ0n) is 9.81. The Balaban J connectivity index is 3.12. The summed E-state index contributed by atoms with van der Waals surface area (Å²) in [7, 11) is 0. The van der Waals surface area contributed by atoms with Gasteiger partial charge in [-0.25, -0.2) is 0 Å². The van der Waals surface area contributed by atoms with Gasteiger partial charge in [-0.1, -0.05) is 40.5 Å². The van der Waals surface area contributed by atoms with Crippen LogP contribution in [-0.2, 0) is 4.74 Å². The third-order valence-corrected chi connectivity index (χ3v) is 2.29. The Morgan fingerprint density at radius 3 is 2.31 bits per heavy atom. The van der Waals surface area contributed by atoms with Crippen LogP contribution < -0.4 is 0 Å². The van der Waals surface area contributed by atoms with Crippen molar-refractivity contribution in [2.24, 2.45) is 11.8 Å². The molecule has 0 saturated heterocycles. The van der Waals surface area contributed by atoms with E-state index in [1.54, 1.807) is 0 Å². The van der Waals surface area contributed by atoms with Gasteiger partial charge in [0.05, 0.1) is 0 Å². The molecule has 0 aliphatic rings. The maximum Gasteiger partial charge on any atom is 0.0491 e. The van der Waals surface area contributed by atoms with Crippen LogP contribution in [0.1, 0.15) is 53.4 Å². The van der Waals surface area contributed by atoms with Gasteiger partial charge in [0.25, 0.3) is 0 Å². The SMILES string of the molecule is CCCCC(C)COCCC(C)C. The second-order valence-electron chi connectivity index (χ2n) is 4.50. The predicted molar refractivity (Wildman–Crippen MR) is 59.0 cm³/mol. The quantitative estimate of drug-likeness (QED) is 0.523. The van der Waals surface area contributed by atoms with Gasteiger partial charge >= 0.3 is 0 Å². The lowest BCUT2D eigenvalue weighted by atomic mass is 10.1. The molecule has 0 spiro atoms. The Morgan fingerprint density at radius 2 is 1.77 bits per heavy atom. The van der Waals surface area contributed by atoms with Crippen LogP contribution in [-0.4, -0.2) is 13.2 Å². The molecule has 0 aliphatic carbocycles. The highest BCUT2D eigenvalue weighted by atomic mass is 16.5. The van der Waals surface area contributed by atoms with Crippen molar-refractivity contribution in [2.45, 2.75) is 53.4 Å².